The molecule has 3 nitrogen and oxygen atoms in total. The number of hydrogen-bond acceptors (Lipinski definition) is 1. The third-order valence-corrected chi connectivity index (χ3v) is 0. The first-order valence-electron chi connectivity index (χ1n) is 0.532. The molecule has 48 valence electrons. The molecule has 7 heteroatoms. The number of rotatable bonds is 0. The van der Waals surface area contributed by atoms with Crippen LogP contribution in [-0.2, 0) is 52.8 Å². The van der Waals surface area contributed by atoms with E-state index in [9.17, 15) is 0 Å². The van der Waals surface area contributed by atoms with Crippen LogP contribution in [0.15, 0.2) is 0 Å². The maximum atomic E-state index is 8.67. The Balaban J connectivity index is -0.0000000150. The largest absolute Gasteiger partial charge is 0 e. The van der Waals surface area contributed by atoms with Crippen LogP contribution >= 0.6 is 0 Å². The average molecular weight is 408 g/mol. The van der Waals surface area contributed by atoms with Gasteiger partial charge < -0.3 is 0 Å². The van der Waals surface area contributed by atoms with Gasteiger partial charge in [-0.05, 0) is 0 Å². The van der Waals surface area contributed by atoms with Gasteiger partial charge in [-0.15, -0.1) is 0 Å². The van der Waals surface area contributed by atoms with E-state index in [0.717, 1.165) is 0 Å². The minimum absolute atomic E-state index is 0. The summed E-state index contributed by atoms with van der Waals surface area (Å²) >= 11 is -2.61. The molecule has 0 aliphatic rings. The minimum atomic E-state index is -2.61. The quantitative estimate of drug-likeness (QED) is 0.401. The SMILES string of the molecule is O=S(O)O.[NaH].[Pd].[Pt]. The van der Waals surface area contributed by atoms with Crippen molar-refractivity contribution < 1.29 is 54.8 Å². The van der Waals surface area contributed by atoms with Crippen molar-refractivity contribution in [2.24, 2.45) is 0 Å². The summed E-state index contributed by atoms with van der Waals surface area (Å²) in [4.78, 5) is 0. The summed E-state index contributed by atoms with van der Waals surface area (Å²) < 4.78 is 22.8. The van der Waals surface area contributed by atoms with Crippen LogP contribution in [0.25, 0.3) is 0 Å². The molecule has 0 amide bonds. The van der Waals surface area contributed by atoms with Crippen molar-refractivity contribution in [3.8, 4) is 0 Å². The van der Waals surface area contributed by atoms with Crippen LogP contribution in [0.5, 0.6) is 0 Å². The molecular weight excluding hydrogens is 405 g/mol. The molecule has 0 aromatic rings. The smallest absolute Gasteiger partial charge is 0 e. The first-order valence-corrected chi connectivity index (χ1v) is 1.60. The fourth-order valence-electron chi connectivity index (χ4n) is 0. The Hall–Kier alpha value is 2.42. The second kappa shape index (κ2) is 15.8. The van der Waals surface area contributed by atoms with Gasteiger partial charge in [-0.3, -0.25) is 9.11 Å². The summed E-state index contributed by atoms with van der Waals surface area (Å²) in [5, 5.41) is 0. The molecule has 0 spiro atoms. The molecule has 0 unspecified atom stereocenters. The standard InChI is InChI=1S/Na.H2O3S.Pd.Pt.H/c;1-4(2)3;;;/h;(H2,1,2,3);;;. The van der Waals surface area contributed by atoms with Gasteiger partial charge in [0.25, 0.3) is 11.4 Å². The first kappa shape index (κ1) is 22.7. The van der Waals surface area contributed by atoms with E-state index in [4.69, 9.17) is 13.3 Å². The molecule has 0 fully saturated rings. The Morgan fingerprint density at radius 3 is 1.29 bits per heavy atom. The molecule has 0 atom stereocenters. The van der Waals surface area contributed by atoms with E-state index in [1.165, 1.54) is 0 Å². The molecule has 7 heavy (non-hydrogen) atoms. The zero-order valence-electron chi connectivity index (χ0n) is 2.34. The summed E-state index contributed by atoms with van der Waals surface area (Å²) in [5.74, 6) is 0. The molecule has 0 aliphatic heterocycles. The predicted octanol–water partition coefficient (Wildman–Crippen LogP) is -0.972. The molecule has 0 aromatic heterocycles. The van der Waals surface area contributed by atoms with Crippen molar-refractivity contribution in [2.75, 3.05) is 0 Å². The van der Waals surface area contributed by atoms with Crippen molar-refractivity contribution in [3.63, 3.8) is 0 Å². The van der Waals surface area contributed by atoms with Crippen LogP contribution in [0.3, 0.4) is 0 Å². The molecule has 0 aliphatic carbocycles. The fourth-order valence-corrected chi connectivity index (χ4v) is 0. The van der Waals surface area contributed by atoms with Crippen LogP contribution in [0.2, 0.25) is 0 Å². The summed E-state index contributed by atoms with van der Waals surface area (Å²) in [6, 6.07) is 0. The topological polar surface area (TPSA) is 57.5 Å². The zero-order chi connectivity index (χ0) is 3.58. The maximum Gasteiger partial charge on any atom is 0 e. The molecule has 0 saturated heterocycles. The normalized spacial score (nSPS) is 5.00. The van der Waals surface area contributed by atoms with Gasteiger partial charge in [0.05, 0.1) is 0 Å². The summed E-state index contributed by atoms with van der Waals surface area (Å²) in [7, 11) is 0. The predicted molar refractivity (Wildman–Crippen MR) is 20.5 cm³/mol. The molecule has 0 saturated carbocycles. The van der Waals surface area contributed by atoms with Crippen molar-refractivity contribution in [3.05, 3.63) is 0 Å². The van der Waals surface area contributed by atoms with Crippen LogP contribution in [0, 0.1) is 0 Å². The fraction of sp³-hybridized carbons (Fsp3) is 0. The van der Waals surface area contributed by atoms with Gasteiger partial charge in [-0.1, -0.05) is 0 Å². The molecule has 0 rings (SSSR count). The van der Waals surface area contributed by atoms with Crippen molar-refractivity contribution in [2.45, 2.75) is 0 Å². The van der Waals surface area contributed by atoms with Crippen molar-refractivity contribution >= 4 is 40.9 Å². The van der Waals surface area contributed by atoms with Gasteiger partial charge in [-0.25, -0.2) is 0 Å². The first-order chi connectivity index (χ1) is 1.73. The molecular formula is H3NaO3PdPtS. The van der Waals surface area contributed by atoms with Crippen LogP contribution in [0.4, 0.5) is 0 Å². The minimum Gasteiger partial charge on any atom is 0 e. The van der Waals surface area contributed by atoms with Gasteiger partial charge >= 0.3 is 29.6 Å². The van der Waals surface area contributed by atoms with Crippen LogP contribution in [0.1, 0.15) is 0 Å². The van der Waals surface area contributed by atoms with Crippen LogP contribution in [-0.4, -0.2) is 42.9 Å². The zero-order valence-corrected chi connectivity index (χ0v) is 6.99. The second-order valence-corrected chi connectivity index (χ2v) is 0.692. The summed E-state index contributed by atoms with van der Waals surface area (Å²) in [6.07, 6.45) is 0. The Labute approximate surface area is 94.3 Å². The third kappa shape index (κ3) is 59.2. The molecule has 0 bridgehead atoms. The van der Waals surface area contributed by atoms with Gasteiger partial charge in [0.1, 0.15) is 0 Å². The van der Waals surface area contributed by atoms with Gasteiger partial charge in [-0.2, -0.15) is 4.21 Å². The van der Waals surface area contributed by atoms with E-state index in [1.807, 2.05) is 0 Å². The molecule has 0 heterocycles. The monoisotopic (exact) mass is 407 g/mol. The summed E-state index contributed by atoms with van der Waals surface area (Å²) in [5.41, 5.74) is 0. The van der Waals surface area contributed by atoms with Crippen LogP contribution < -0.4 is 0 Å². The molecule has 0 aromatic carbocycles. The Morgan fingerprint density at radius 1 is 1.29 bits per heavy atom. The van der Waals surface area contributed by atoms with Gasteiger partial charge in [0, 0.05) is 41.5 Å². The van der Waals surface area contributed by atoms with Gasteiger partial charge in [0.15, 0.2) is 0 Å². The van der Waals surface area contributed by atoms with E-state index in [0.29, 0.717) is 0 Å². The molecule has 0 radical (unpaired) electrons. The third-order valence-electron chi connectivity index (χ3n) is 0. The Bertz CT molecular complexity index is 37.9. The second-order valence-electron chi connectivity index (χ2n) is 0.231. The van der Waals surface area contributed by atoms with E-state index in [1.54, 1.807) is 0 Å². The van der Waals surface area contributed by atoms with E-state index in [-0.39, 0.29) is 71.0 Å². The Kier molecular flexibility index (Phi) is 51.3. The molecule has 2 N–H and O–H groups in total. The van der Waals surface area contributed by atoms with E-state index in [2.05, 4.69) is 0 Å². The maximum absolute atomic E-state index is 8.67. The average Bonchev–Trinajstić information content (AvgIpc) is 0.811. The van der Waals surface area contributed by atoms with E-state index < -0.39 is 11.4 Å². The number of hydrogen-bond donors (Lipinski definition) is 2. The van der Waals surface area contributed by atoms with E-state index >= 15 is 0 Å². The summed E-state index contributed by atoms with van der Waals surface area (Å²) in [6.45, 7) is 0. The Morgan fingerprint density at radius 2 is 1.29 bits per heavy atom. The van der Waals surface area contributed by atoms with Gasteiger partial charge in [0.2, 0.25) is 0 Å². The van der Waals surface area contributed by atoms with Crippen molar-refractivity contribution in [1.29, 1.82) is 0 Å². The van der Waals surface area contributed by atoms with Crippen molar-refractivity contribution in [1.82, 2.24) is 0 Å².